The van der Waals surface area contributed by atoms with Gasteiger partial charge in [0.25, 0.3) is 0 Å². The number of hydrogen-bond donors (Lipinski definition) is 1. The number of allylic oxidation sites excluding steroid dienone is 1. The van der Waals surface area contributed by atoms with Gasteiger partial charge in [0, 0.05) is 24.9 Å². The Morgan fingerprint density at radius 3 is 2.44 bits per heavy atom. The van der Waals surface area contributed by atoms with Crippen molar-refractivity contribution in [2.45, 2.75) is 57.9 Å². The molecule has 0 saturated carbocycles. The average molecular weight is 346 g/mol. The van der Waals surface area contributed by atoms with E-state index in [9.17, 15) is 4.79 Å². The molecule has 1 rings (SSSR count). The Labute approximate surface area is 154 Å². The molecule has 1 aromatic carbocycles. The quantitative estimate of drug-likeness (QED) is 0.296. The van der Waals surface area contributed by atoms with Crippen LogP contribution in [-0.2, 0) is 11.3 Å². The molecule has 3 nitrogen and oxygen atoms in total. The molecule has 1 aromatic rings. The summed E-state index contributed by atoms with van der Waals surface area (Å²) >= 11 is 0. The second kappa shape index (κ2) is 12.7. The highest BCUT2D eigenvalue weighted by atomic mass is 16.1. The smallest absolute Gasteiger partial charge is 0.219 e. The summed E-state index contributed by atoms with van der Waals surface area (Å²) in [4.78, 5) is 11.9. The van der Waals surface area contributed by atoms with Crippen molar-refractivity contribution >= 4 is 5.91 Å². The summed E-state index contributed by atoms with van der Waals surface area (Å²) < 4.78 is 0.949. The first-order valence-corrected chi connectivity index (χ1v) is 9.77. The van der Waals surface area contributed by atoms with Gasteiger partial charge in [0.15, 0.2) is 0 Å². The first-order valence-electron chi connectivity index (χ1n) is 9.77. The van der Waals surface area contributed by atoms with Gasteiger partial charge in [-0.15, -0.1) is 6.58 Å². The molecular formula is C22H37N2O+. The van der Waals surface area contributed by atoms with Gasteiger partial charge >= 0.3 is 0 Å². The van der Waals surface area contributed by atoms with E-state index in [1.54, 1.807) is 0 Å². The van der Waals surface area contributed by atoms with Gasteiger partial charge < -0.3 is 9.80 Å². The molecule has 0 unspecified atom stereocenters. The second-order valence-electron chi connectivity index (χ2n) is 7.60. The van der Waals surface area contributed by atoms with Gasteiger partial charge in [-0.2, -0.15) is 0 Å². The fraction of sp³-hybridized carbons (Fsp3) is 0.591. The molecule has 0 saturated heterocycles. The van der Waals surface area contributed by atoms with E-state index < -0.39 is 0 Å². The maximum atomic E-state index is 11.9. The third-order valence-corrected chi connectivity index (χ3v) is 4.53. The van der Waals surface area contributed by atoms with E-state index in [1.165, 1.54) is 24.8 Å². The minimum atomic E-state index is 0.208. The van der Waals surface area contributed by atoms with Crippen LogP contribution in [0.5, 0.6) is 0 Å². The van der Waals surface area contributed by atoms with E-state index in [-0.39, 0.29) is 5.91 Å². The molecule has 0 radical (unpaired) electrons. The third kappa shape index (κ3) is 11.5. The fourth-order valence-electron chi connectivity index (χ4n) is 3.08. The minimum absolute atomic E-state index is 0.208. The van der Waals surface area contributed by atoms with Crippen LogP contribution in [0.4, 0.5) is 0 Å². The summed E-state index contributed by atoms with van der Waals surface area (Å²) in [6.45, 7) is 6.62. The third-order valence-electron chi connectivity index (χ3n) is 4.53. The molecule has 0 heterocycles. The SMILES string of the molecule is C=CCCCCCCCC(=O)NCCC[N+](C)(C)Cc1ccccc1. The number of carbonyl (C=O) groups excluding carboxylic acids is 1. The van der Waals surface area contributed by atoms with E-state index in [2.05, 4.69) is 56.3 Å². The number of nitrogens with zero attached hydrogens (tertiary/aromatic N) is 1. The minimum Gasteiger partial charge on any atom is -0.356 e. The first-order chi connectivity index (χ1) is 12.0. The monoisotopic (exact) mass is 345 g/mol. The van der Waals surface area contributed by atoms with Gasteiger partial charge in [-0.3, -0.25) is 4.79 Å². The molecule has 0 atom stereocenters. The fourth-order valence-corrected chi connectivity index (χ4v) is 3.08. The number of hydrogen-bond acceptors (Lipinski definition) is 1. The van der Waals surface area contributed by atoms with Crippen LogP contribution in [0.1, 0.15) is 56.9 Å². The summed E-state index contributed by atoms with van der Waals surface area (Å²) in [5, 5.41) is 3.07. The van der Waals surface area contributed by atoms with Crippen LogP contribution in [0.25, 0.3) is 0 Å². The zero-order valence-electron chi connectivity index (χ0n) is 16.3. The van der Waals surface area contributed by atoms with E-state index in [0.717, 1.165) is 49.8 Å². The van der Waals surface area contributed by atoms with Gasteiger partial charge in [0.2, 0.25) is 5.91 Å². The van der Waals surface area contributed by atoms with Crippen molar-refractivity contribution in [3.63, 3.8) is 0 Å². The Kier molecular flexibility index (Phi) is 10.9. The Balaban J connectivity index is 2.04. The highest BCUT2D eigenvalue weighted by Crippen LogP contribution is 2.10. The molecule has 0 aliphatic rings. The van der Waals surface area contributed by atoms with E-state index in [1.807, 2.05) is 6.08 Å². The summed E-state index contributed by atoms with van der Waals surface area (Å²) in [6.07, 6.45) is 10.7. The summed E-state index contributed by atoms with van der Waals surface area (Å²) in [7, 11) is 4.50. The van der Waals surface area contributed by atoms with Crippen molar-refractivity contribution in [1.82, 2.24) is 5.32 Å². The topological polar surface area (TPSA) is 29.1 Å². The van der Waals surface area contributed by atoms with Crippen LogP contribution < -0.4 is 5.32 Å². The number of quaternary nitrogens is 1. The largest absolute Gasteiger partial charge is 0.356 e. The lowest BCUT2D eigenvalue weighted by molar-refractivity contribution is -0.903. The Bertz CT molecular complexity index is 482. The van der Waals surface area contributed by atoms with Gasteiger partial charge in [-0.05, 0) is 19.3 Å². The molecular weight excluding hydrogens is 308 g/mol. The molecule has 1 amide bonds. The lowest BCUT2D eigenvalue weighted by atomic mass is 10.1. The first kappa shape index (κ1) is 21.4. The second-order valence-corrected chi connectivity index (χ2v) is 7.60. The van der Waals surface area contributed by atoms with Gasteiger partial charge in [-0.1, -0.05) is 55.7 Å². The predicted octanol–water partition coefficient (Wildman–Crippen LogP) is 4.69. The van der Waals surface area contributed by atoms with Crippen LogP contribution in [0, 0.1) is 0 Å². The zero-order chi connectivity index (χ0) is 18.4. The molecule has 1 N–H and O–H groups in total. The van der Waals surface area contributed by atoms with Crippen molar-refractivity contribution in [3.05, 3.63) is 48.6 Å². The molecule has 0 bridgehead atoms. The van der Waals surface area contributed by atoms with Crippen LogP contribution in [0.2, 0.25) is 0 Å². The maximum Gasteiger partial charge on any atom is 0.219 e. The van der Waals surface area contributed by atoms with Gasteiger partial charge in [0.05, 0.1) is 20.6 Å². The Morgan fingerprint density at radius 2 is 1.72 bits per heavy atom. The number of nitrogens with one attached hydrogen (secondary N) is 1. The van der Waals surface area contributed by atoms with Crippen molar-refractivity contribution in [3.8, 4) is 0 Å². The standard InChI is InChI=1S/C22H36N2O/c1-4-5-6-7-8-9-13-17-22(25)23-18-14-19-24(2,3)20-21-15-11-10-12-16-21/h4,10-12,15-16H,1,5-9,13-14,17-20H2,2-3H3/p+1. The number of benzene rings is 1. The number of unbranched alkanes of at least 4 members (excludes halogenated alkanes) is 5. The predicted molar refractivity (Wildman–Crippen MR) is 107 cm³/mol. The molecule has 0 aliphatic heterocycles. The summed E-state index contributed by atoms with van der Waals surface area (Å²) in [5.41, 5.74) is 1.37. The lowest BCUT2D eigenvalue weighted by Gasteiger charge is -2.30. The van der Waals surface area contributed by atoms with Gasteiger partial charge in [-0.25, -0.2) is 0 Å². The van der Waals surface area contributed by atoms with Crippen molar-refractivity contribution in [2.75, 3.05) is 27.2 Å². The van der Waals surface area contributed by atoms with Crippen molar-refractivity contribution < 1.29 is 9.28 Å². The summed E-state index contributed by atoms with van der Waals surface area (Å²) in [5.74, 6) is 0.208. The highest BCUT2D eigenvalue weighted by Gasteiger charge is 2.15. The number of amides is 1. The molecule has 25 heavy (non-hydrogen) atoms. The van der Waals surface area contributed by atoms with Crippen molar-refractivity contribution in [2.24, 2.45) is 0 Å². The molecule has 0 aliphatic carbocycles. The van der Waals surface area contributed by atoms with Crippen LogP contribution in [0.3, 0.4) is 0 Å². The molecule has 0 fully saturated rings. The van der Waals surface area contributed by atoms with Crippen LogP contribution in [-0.4, -0.2) is 37.6 Å². The Morgan fingerprint density at radius 1 is 1.04 bits per heavy atom. The molecule has 140 valence electrons. The van der Waals surface area contributed by atoms with E-state index in [0.29, 0.717) is 6.42 Å². The molecule has 0 aromatic heterocycles. The highest BCUT2D eigenvalue weighted by molar-refractivity contribution is 5.75. The molecule has 0 spiro atoms. The van der Waals surface area contributed by atoms with Gasteiger partial charge in [0.1, 0.15) is 6.54 Å². The lowest BCUT2D eigenvalue weighted by Crippen LogP contribution is -2.41. The zero-order valence-corrected chi connectivity index (χ0v) is 16.3. The van der Waals surface area contributed by atoms with Crippen LogP contribution >= 0.6 is 0 Å². The van der Waals surface area contributed by atoms with Crippen molar-refractivity contribution in [1.29, 1.82) is 0 Å². The van der Waals surface area contributed by atoms with E-state index >= 15 is 0 Å². The maximum absolute atomic E-state index is 11.9. The molecule has 3 heteroatoms. The van der Waals surface area contributed by atoms with E-state index in [4.69, 9.17) is 0 Å². The average Bonchev–Trinajstić information content (AvgIpc) is 2.58. The number of rotatable bonds is 14. The number of carbonyl (C=O) groups is 1. The van der Waals surface area contributed by atoms with Crippen LogP contribution in [0.15, 0.2) is 43.0 Å². The normalized spacial score (nSPS) is 11.3. The Hall–Kier alpha value is -1.61. The summed E-state index contributed by atoms with van der Waals surface area (Å²) in [6, 6.07) is 10.6.